The maximum Gasteiger partial charge on any atom is 0.251 e. The molecule has 5 aliphatic rings. The van der Waals surface area contributed by atoms with Crippen molar-refractivity contribution in [3.63, 3.8) is 0 Å². The molecule has 0 saturated heterocycles. The Bertz CT molecular complexity index is 2400. The summed E-state index contributed by atoms with van der Waals surface area (Å²) in [6, 6.07) is 30.2. The van der Waals surface area contributed by atoms with Gasteiger partial charge in [0.2, 0.25) is 0 Å². The van der Waals surface area contributed by atoms with E-state index < -0.39 is 12.0 Å². The minimum Gasteiger partial charge on any atom is -0.872 e. The molecule has 0 saturated carbocycles. The first-order chi connectivity index (χ1) is 32.1. The fourth-order valence-electron chi connectivity index (χ4n) is 7.72. The number of amides is 4. The first-order valence-corrected chi connectivity index (χ1v) is 22.3. The Morgan fingerprint density at radius 3 is 1.40 bits per heavy atom. The van der Waals surface area contributed by atoms with Gasteiger partial charge in [0, 0.05) is 73.1 Å². The third-order valence-corrected chi connectivity index (χ3v) is 11.4. The lowest BCUT2D eigenvalue weighted by Crippen LogP contribution is -2.43. The summed E-state index contributed by atoms with van der Waals surface area (Å²) in [5, 5.41) is 45.9. The molecule has 2 atom stereocenters. The topological polar surface area (TPSA) is 212 Å². The van der Waals surface area contributed by atoms with Crippen LogP contribution >= 0.6 is 0 Å². The van der Waals surface area contributed by atoms with Crippen LogP contribution in [0.1, 0.15) is 108 Å². The zero-order valence-corrected chi connectivity index (χ0v) is 38.5. The second-order valence-electron chi connectivity index (χ2n) is 17.0. The number of Topliss-reactive ketones (excluding diaryl/α,β-unsaturated/α-hetero) is 1. The van der Waals surface area contributed by atoms with Crippen LogP contribution < -0.4 is 36.4 Å². The fraction of sp³-hybridized carbons (Fsp3) is 0.302. The third-order valence-electron chi connectivity index (χ3n) is 11.4. The fourth-order valence-corrected chi connectivity index (χ4v) is 7.72. The van der Waals surface area contributed by atoms with Gasteiger partial charge >= 0.3 is 0 Å². The van der Waals surface area contributed by atoms with Gasteiger partial charge < -0.3 is 46.2 Å². The number of aliphatic hydroxyl groups is 1. The molecule has 0 radical (unpaired) electrons. The molecule has 67 heavy (non-hydrogen) atoms. The average Bonchev–Trinajstić information content (AvgIpc) is 3.32. The van der Waals surface area contributed by atoms with Crippen molar-refractivity contribution in [2.24, 2.45) is 5.92 Å². The average molecular weight is 908 g/mol. The van der Waals surface area contributed by atoms with E-state index in [9.17, 15) is 39.3 Å². The molecule has 4 aliphatic heterocycles. The second-order valence-corrected chi connectivity index (χ2v) is 17.0. The van der Waals surface area contributed by atoms with Gasteiger partial charge in [0.15, 0.2) is 5.78 Å². The third kappa shape index (κ3) is 13.2. The van der Waals surface area contributed by atoms with E-state index in [4.69, 9.17) is 4.74 Å². The summed E-state index contributed by atoms with van der Waals surface area (Å²) in [7, 11) is 0. The van der Waals surface area contributed by atoms with Gasteiger partial charge in [-0.3, -0.25) is 24.0 Å². The van der Waals surface area contributed by atoms with Crippen LogP contribution in [-0.4, -0.2) is 66.9 Å². The number of ketones is 1. The largest absolute Gasteiger partial charge is 0.872 e. The van der Waals surface area contributed by atoms with Crippen molar-refractivity contribution in [2.75, 3.05) is 31.2 Å². The molecule has 14 nitrogen and oxygen atoms in total. The van der Waals surface area contributed by atoms with Gasteiger partial charge in [0.25, 0.3) is 23.6 Å². The molecular weight excluding hydrogens is 851 g/mol. The van der Waals surface area contributed by atoms with Crippen LogP contribution in [0.2, 0.25) is 0 Å². The highest BCUT2D eigenvalue weighted by molar-refractivity contribution is 6.01. The molecule has 5 N–H and O–H groups in total. The molecule has 350 valence electrons. The van der Waals surface area contributed by atoms with Gasteiger partial charge in [-0.2, -0.15) is 0 Å². The number of carbonyl (C=O) groups is 5. The van der Waals surface area contributed by atoms with Gasteiger partial charge in [0.1, 0.15) is 6.61 Å². The molecule has 5 aromatic rings. The van der Waals surface area contributed by atoms with Crippen LogP contribution in [0.15, 0.2) is 109 Å². The van der Waals surface area contributed by atoms with E-state index in [1.54, 1.807) is 55.5 Å². The minimum absolute atomic E-state index is 0.0212. The standard InChI is InChI=1S/C34H32N4O4.C19H26NO5/c1-21-11-27-15-28(12-21)32(40)36-18-24-5-9-26(10-6-24)20-38-34(42)30-14-22(2)13-29(16-30)33(41)37-19-25-7-3-23(4-8-25)17-35-31(27)39;1-4-7-20(8-9-25-11-12(2)21)14-5-6-15(16(22)10-14)17-18(23)13(3)19(17)24/h3-16H,17-20H2,1-2H3,(H,35,39)(H,36,40)(H,37,41)(H,38,42);5-6,10,13,18,22,24H,4,7-9,11H2,1-3H3/q;-1/p-1. The molecule has 0 spiro atoms. The number of benzene rings is 5. The van der Waals surface area contributed by atoms with E-state index in [1.807, 2.05) is 74.2 Å². The number of rotatable bonds is 9. The van der Waals surface area contributed by atoms with Crippen LogP contribution in [0, 0.1) is 19.8 Å². The van der Waals surface area contributed by atoms with Gasteiger partial charge in [0.05, 0.1) is 12.4 Å². The monoisotopic (exact) mass is 907 g/mol. The quantitative estimate of drug-likeness (QED) is 0.116. The van der Waals surface area contributed by atoms with Crippen LogP contribution in [0.4, 0.5) is 5.69 Å². The Kier molecular flexibility index (Phi) is 16.7. The van der Waals surface area contributed by atoms with Crippen molar-refractivity contribution in [3.8, 4) is 5.75 Å². The maximum absolute atomic E-state index is 12.9. The Labute approximate surface area is 391 Å². The first kappa shape index (κ1) is 49.2. The van der Waals surface area contributed by atoms with E-state index >= 15 is 0 Å². The Morgan fingerprint density at radius 2 is 1.06 bits per heavy atom. The van der Waals surface area contributed by atoms with Crippen molar-refractivity contribution in [2.45, 2.75) is 73.3 Å². The summed E-state index contributed by atoms with van der Waals surface area (Å²) in [5.41, 5.74) is 8.07. The lowest BCUT2D eigenvalue weighted by atomic mass is 9.78. The minimum atomic E-state index is -1.05. The van der Waals surface area contributed by atoms with E-state index in [2.05, 4.69) is 21.3 Å². The summed E-state index contributed by atoms with van der Waals surface area (Å²) in [6.07, 6.45) is -0.153. The number of aliphatic hydroxyl groups excluding tert-OH is 1. The van der Waals surface area contributed by atoms with Gasteiger partial charge in [-0.1, -0.05) is 80.3 Å². The highest BCUT2D eigenvalue weighted by atomic mass is 16.5. The molecule has 0 fully saturated rings. The number of carbonyl (C=O) groups excluding carboxylic acids is 5. The summed E-state index contributed by atoms with van der Waals surface area (Å²) < 4.78 is 5.30. The van der Waals surface area contributed by atoms with Crippen LogP contribution in [0.25, 0.3) is 5.57 Å². The molecule has 4 amide bonds. The molecule has 8 bridgehead atoms. The normalized spacial score (nSPS) is 16.4. The second kappa shape index (κ2) is 22.7. The predicted molar refractivity (Wildman–Crippen MR) is 252 cm³/mol. The maximum atomic E-state index is 12.9. The summed E-state index contributed by atoms with van der Waals surface area (Å²) in [5.74, 6) is -1.80. The van der Waals surface area contributed by atoms with Gasteiger partial charge in [-0.05, 0) is 120 Å². The molecule has 1 aliphatic carbocycles. The molecule has 5 aromatic carbocycles. The highest BCUT2D eigenvalue weighted by Gasteiger charge is 2.30. The Balaban J connectivity index is 0.000000253. The zero-order chi connectivity index (χ0) is 48.2. The van der Waals surface area contributed by atoms with Crippen molar-refractivity contribution in [1.82, 2.24) is 21.3 Å². The summed E-state index contributed by atoms with van der Waals surface area (Å²) in [6.45, 7) is 11.9. The zero-order valence-electron chi connectivity index (χ0n) is 38.5. The molecule has 0 aromatic heterocycles. The van der Waals surface area contributed by atoms with Gasteiger partial charge in [-0.15, -0.1) is 0 Å². The molecule has 4 heterocycles. The highest BCUT2D eigenvalue weighted by Crippen LogP contribution is 2.41. The lowest BCUT2D eigenvalue weighted by Gasteiger charge is -2.43. The number of ether oxygens (including phenoxy) is 1. The molecular formula is C53H57N5O9-2. The van der Waals surface area contributed by atoms with Crippen molar-refractivity contribution in [3.05, 3.63) is 170 Å². The first-order valence-electron chi connectivity index (χ1n) is 22.3. The molecule has 10 rings (SSSR count). The Morgan fingerprint density at radius 1 is 0.657 bits per heavy atom. The smallest absolute Gasteiger partial charge is 0.251 e. The number of nitrogens with one attached hydrogen (secondary N) is 4. The van der Waals surface area contributed by atoms with Crippen LogP contribution in [0.5, 0.6) is 5.75 Å². The van der Waals surface area contributed by atoms with E-state index in [0.29, 0.717) is 61.6 Å². The number of nitrogens with zero attached hydrogens (tertiary/aromatic N) is 1. The predicted octanol–water partition coefficient (Wildman–Crippen LogP) is 5.57. The van der Waals surface area contributed by atoms with E-state index in [0.717, 1.165) is 52.0 Å². The number of hydrogen-bond donors (Lipinski definition) is 5. The van der Waals surface area contributed by atoms with Crippen molar-refractivity contribution in [1.29, 1.82) is 0 Å². The van der Waals surface area contributed by atoms with Crippen molar-refractivity contribution < 1.29 is 44.0 Å². The van der Waals surface area contributed by atoms with E-state index in [-0.39, 0.29) is 58.7 Å². The van der Waals surface area contributed by atoms with Crippen LogP contribution in [-0.2, 0) is 35.7 Å². The number of aryl methyl sites for hydroxylation is 2. The summed E-state index contributed by atoms with van der Waals surface area (Å²) in [4.78, 5) is 64.6. The van der Waals surface area contributed by atoms with Gasteiger partial charge in [-0.25, -0.2) is 0 Å². The molecule has 14 heteroatoms. The van der Waals surface area contributed by atoms with Crippen LogP contribution in [0.3, 0.4) is 0 Å². The number of hydrogen-bond acceptors (Lipinski definition) is 10. The number of anilines is 1. The summed E-state index contributed by atoms with van der Waals surface area (Å²) >= 11 is 0. The Hall–Kier alpha value is -7.29. The lowest BCUT2D eigenvalue weighted by molar-refractivity contribution is -0.416. The van der Waals surface area contributed by atoms with Crippen molar-refractivity contribution >= 4 is 40.7 Å². The van der Waals surface area contributed by atoms with E-state index in [1.165, 1.54) is 13.0 Å². The SMILES string of the molecule is CCCN(CCOCC(C)=O)c1ccc(C2=C(O)C(C)C2[O-])c([O-])c1.Cc1cc2cc(c1)C(=O)NCc1ccc(cc1)CNC(=O)c1cc(C)cc(c1)C(=O)NCc1ccc(cc1)CNC2=O. The molecule has 2 unspecified atom stereocenters.